The standard InChI is InChI=1S/C17H15N5/c18-9-11-8-14-15(20-10-11)22-16(21-14)17(6-1-7-17)12-2-4-13(19)5-3-12/h2-5,8,10H,1,6-7,19H2,(H,20,21,22). The lowest BCUT2D eigenvalue weighted by molar-refractivity contribution is 0.287. The molecule has 0 radical (unpaired) electrons. The van der Waals surface area contributed by atoms with Crippen molar-refractivity contribution in [3.05, 3.63) is 53.5 Å². The quantitative estimate of drug-likeness (QED) is 0.710. The number of H-pyrrole nitrogens is 1. The number of nitriles is 1. The minimum absolute atomic E-state index is 0.0821. The molecule has 2 heterocycles. The molecule has 1 fully saturated rings. The van der Waals surface area contributed by atoms with E-state index in [9.17, 15) is 0 Å². The van der Waals surface area contributed by atoms with Crippen molar-refractivity contribution in [1.82, 2.24) is 15.0 Å². The first-order valence-electron chi connectivity index (χ1n) is 7.34. The molecular formula is C17H15N5. The van der Waals surface area contributed by atoms with Gasteiger partial charge in [-0.1, -0.05) is 18.6 Å². The van der Waals surface area contributed by atoms with Crippen LogP contribution in [0.3, 0.4) is 0 Å². The van der Waals surface area contributed by atoms with E-state index in [2.05, 4.69) is 33.2 Å². The normalized spacial score (nSPS) is 16.1. The van der Waals surface area contributed by atoms with E-state index in [0.717, 1.165) is 29.9 Å². The highest BCUT2D eigenvalue weighted by Crippen LogP contribution is 2.48. The van der Waals surface area contributed by atoms with Crippen LogP contribution in [-0.4, -0.2) is 15.0 Å². The van der Waals surface area contributed by atoms with Crippen molar-refractivity contribution >= 4 is 16.9 Å². The maximum absolute atomic E-state index is 8.99. The monoisotopic (exact) mass is 289 g/mol. The number of anilines is 1. The first-order chi connectivity index (χ1) is 10.7. The van der Waals surface area contributed by atoms with Gasteiger partial charge < -0.3 is 10.7 Å². The Labute approximate surface area is 127 Å². The molecule has 0 spiro atoms. The van der Waals surface area contributed by atoms with Crippen LogP contribution in [0.5, 0.6) is 0 Å². The molecule has 0 amide bonds. The first kappa shape index (κ1) is 12.8. The lowest BCUT2D eigenvalue weighted by Gasteiger charge is -2.40. The molecule has 1 aliphatic carbocycles. The number of nitrogen functional groups attached to an aromatic ring is 1. The van der Waals surface area contributed by atoms with Gasteiger partial charge in [0.05, 0.1) is 16.5 Å². The molecule has 5 nitrogen and oxygen atoms in total. The third kappa shape index (κ3) is 1.77. The number of nitrogens with zero attached hydrogens (tertiary/aromatic N) is 3. The third-order valence-corrected chi connectivity index (χ3v) is 4.59. The topological polar surface area (TPSA) is 91.4 Å². The molecule has 1 aromatic carbocycles. The Morgan fingerprint density at radius 1 is 1.23 bits per heavy atom. The molecule has 2 aromatic heterocycles. The van der Waals surface area contributed by atoms with Gasteiger partial charge >= 0.3 is 0 Å². The molecule has 1 aliphatic rings. The van der Waals surface area contributed by atoms with Crippen molar-refractivity contribution in [1.29, 1.82) is 5.26 Å². The number of pyridine rings is 1. The van der Waals surface area contributed by atoms with Crippen LogP contribution in [0.2, 0.25) is 0 Å². The Morgan fingerprint density at radius 2 is 2.00 bits per heavy atom. The van der Waals surface area contributed by atoms with Gasteiger partial charge in [-0.15, -0.1) is 0 Å². The molecule has 3 aromatic rings. The second-order valence-electron chi connectivity index (χ2n) is 5.85. The molecular weight excluding hydrogens is 274 g/mol. The fourth-order valence-corrected chi connectivity index (χ4v) is 3.18. The van der Waals surface area contributed by atoms with Gasteiger partial charge in [0.15, 0.2) is 5.65 Å². The number of benzene rings is 1. The fraction of sp³-hybridized carbons (Fsp3) is 0.235. The molecule has 3 N–H and O–H groups in total. The van der Waals surface area contributed by atoms with Crippen molar-refractivity contribution in [2.75, 3.05) is 5.73 Å². The van der Waals surface area contributed by atoms with E-state index >= 15 is 0 Å². The predicted octanol–water partition coefficient (Wildman–Crippen LogP) is 2.88. The van der Waals surface area contributed by atoms with Crippen LogP contribution < -0.4 is 5.73 Å². The number of hydrogen-bond acceptors (Lipinski definition) is 4. The van der Waals surface area contributed by atoms with Gasteiger partial charge in [-0.2, -0.15) is 5.26 Å². The van der Waals surface area contributed by atoms with Gasteiger partial charge in [0.1, 0.15) is 11.9 Å². The van der Waals surface area contributed by atoms with Crippen molar-refractivity contribution < 1.29 is 0 Å². The molecule has 5 heteroatoms. The maximum Gasteiger partial charge on any atom is 0.177 e. The van der Waals surface area contributed by atoms with Crippen molar-refractivity contribution in [2.45, 2.75) is 24.7 Å². The predicted molar refractivity (Wildman–Crippen MR) is 84.1 cm³/mol. The first-order valence-corrected chi connectivity index (χ1v) is 7.34. The number of aromatic amines is 1. The highest BCUT2D eigenvalue weighted by molar-refractivity contribution is 5.72. The molecule has 108 valence electrons. The molecule has 0 aliphatic heterocycles. The minimum Gasteiger partial charge on any atom is -0.399 e. The van der Waals surface area contributed by atoms with Crippen LogP contribution in [0.4, 0.5) is 5.69 Å². The summed E-state index contributed by atoms with van der Waals surface area (Å²) in [5, 5.41) is 8.99. The zero-order chi connectivity index (χ0) is 15.2. The van der Waals surface area contributed by atoms with Gasteiger partial charge in [0, 0.05) is 11.9 Å². The molecule has 0 bridgehead atoms. The molecule has 4 rings (SSSR count). The van der Waals surface area contributed by atoms with Crippen molar-refractivity contribution in [3.8, 4) is 6.07 Å². The number of aromatic nitrogens is 3. The summed E-state index contributed by atoms with van der Waals surface area (Å²) < 4.78 is 0. The molecule has 22 heavy (non-hydrogen) atoms. The van der Waals surface area contributed by atoms with E-state index in [1.807, 2.05) is 12.1 Å². The van der Waals surface area contributed by atoms with Gasteiger partial charge in [-0.05, 0) is 36.6 Å². The number of nitrogens with one attached hydrogen (secondary N) is 1. The van der Waals surface area contributed by atoms with Crippen LogP contribution in [-0.2, 0) is 5.41 Å². The van der Waals surface area contributed by atoms with E-state index < -0.39 is 0 Å². The Balaban J connectivity index is 1.84. The second-order valence-corrected chi connectivity index (χ2v) is 5.85. The summed E-state index contributed by atoms with van der Waals surface area (Å²) in [6.07, 6.45) is 4.85. The van der Waals surface area contributed by atoms with Crippen LogP contribution in [0.25, 0.3) is 11.2 Å². The summed E-state index contributed by atoms with van der Waals surface area (Å²) in [6, 6.07) is 11.9. The van der Waals surface area contributed by atoms with Gasteiger partial charge in [-0.25, -0.2) is 9.97 Å². The SMILES string of the molecule is N#Cc1cnc2nc(C3(c4ccc(N)cc4)CCC3)[nH]c2c1. The summed E-state index contributed by atoms with van der Waals surface area (Å²) >= 11 is 0. The van der Waals surface area contributed by atoms with E-state index in [1.54, 1.807) is 12.3 Å². The van der Waals surface area contributed by atoms with Gasteiger partial charge in [0.2, 0.25) is 0 Å². The molecule has 0 saturated heterocycles. The van der Waals surface area contributed by atoms with Crippen molar-refractivity contribution in [2.24, 2.45) is 0 Å². The average Bonchev–Trinajstić information content (AvgIpc) is 2.90. The number of rotatable bonds is 2. The highest BCUT2D eigenvalue weighted by Gasteiger charge is 2.43. The van der Waals surface area contributed by atoms with E-state index in [4.69, 9.17) is 11.0 Å². The Hall–Kier alpha value is -2.87. The fourth-order valence-electron chi connectivity index (χ4n) is 3.18. The van der Waals surface area contributed by atoms with Crippen LogP contribution in [0.1, 0.15) is 36.2 Å². The lowest BCUT2D eigenvalue weighted by Crippen LogP contribution is -2.36. The zero-order valence-electron chi connectivity index (χ0n) is 12.0. The number of imidazole rings is 1. The summed E-state index contributed by atoms with van der Waals surface area (Å²) in [4.78, 5) is 12.3. The van der Waals surface area contributed by atoms with E-state index in [1.165, 1.54) is 12.0 Å². The number of hydrogen-bond donors (Lipinski definition) is 2. The third-order valence-electron chi connectivity index (χ3n) is 4.59. The molecule has 0 atom stereocenters. The molecule has 0 unspecified atom stereocenters. The van der Waals surface area contributed by atoms with E-state index in [0.29, 0.717) is 11.2 Å². The number of nitrogens with two attached hydrogens (primary N) is 1. The number of fused-ring (bicyclic) bond motifs is 1. The van der Waals surface area contributed by atoms with Gasteiger partial charge in [-0.3, -0.25) is 0 Å². The zero-order valence-corrected chi connectivity index (χ0v) is 12.0. The smallest absolute Gasteiger partial charge is 0.177 e. The minimum atomic E-state index is -0.0821. The van der Waals surface area contributed by atoms with Gasteiger partial charge in [0.25, 0.3) is 0 Å². The summed E-state index contributed by atoms with van der Waals surface area (Å²) in [6.45, 7) is 0. The summed E-state index contributed by atoms with van der Waals surface area (Å²) in [7, 11) is 0. The lowest BCUT2D eigenvalue weighted by atomic mass is 9.64. The van der Waals surface area contributed by atoms with Crippen LogP contribution in [0.15, 0.2) is 36.5 Å². The Morgan fingerprint density at radius 3 is 2.64 bits per heavy atom. The highest BCUT2D eigenvalue weighted by atomic mass is 15.0. The average molecular weight is 289 g/mol. The largest absolute Gasteiger partial charge is 0.399 e. The maximum atomic E-state index is 8.99. The van der Waals surface area contributed by atoms with Crippen LogP contribution >= 0.6 is 0 Å². The van der Waals surface area contributed by atoms with Crippen molar-refractivity contribution in [3.63, 3.8) is 0 Å². The Bertz CT molecular complexity index is 882. The van der Waals surface area contributed by atoms with E-state index in [-0.39, 0.29) is 5.41 Å². The second kappa shape index (κ2) is 4.57. The van der Waals surface area contributed by atoms with Crippen LogP contribution in [0, 0.1) is 11.3 Å². The summed E-state index contributed by atoms with van der Waals surface area (Å²) in [5.74, 6) is 0.932. The molecule has 1 saturated carbocycles. The summed E-state index contributed by atoms with van der Waals surface area (Å²) in [5.41, 5.74) is 9.73. The Kier molecular flexibility index (Phi) is 2.67.